The van der Waals surface area contributed by atoms with Gasteiger partial charge in [-0.2, -0.15) is 0 Å². The Morgan fingerprint density at radius 1 is 1.36 bits per heavy atom. The van der Waals surface area contributed by atoms with Gasteiger partial charge in [0.1, 0.15) is 0 Å². The van der Waals surface area contributed by atoms with Crippen LogP contribution < -0.4 is 5.73 Å². The predicted octanol–water partition coefficient (Wildman–Crippen LogP) is 2.25. The van der Waals surface area contributed by atoms with Crippen LogP contribution in [-0.2, 0) is 11.3 Å². The molecule has 1 unspecified atom stereocenters. The molecule has 1 rings (SSSR count). The summed E-state index contributed by atoms with van der Waals surface area (Å²) in [6.07, 6.45) is 0.966. The van der Waals surface area contributed by atoms with Crippen molar-refractivity contribution in [3.05, 3.63) is 35.4 Å². The Hall–Kier alpha value is -0.860. The number of ether oxygens (including phenoxy) is 1. The SMILES string of the molecule is CCC(N)COCc1ccccc1C. The van der Waals surface area contributed by atoms with Crippen molar-refractivity contribution < 1.29 is 4.74 Å². The lowest BCUT2D eigenvalue weighted by Gasteiger charge is -2.10. The van der Waals surface area contributed by atoms with Crippen LogP contribution in [0.1, 0.15) is 24.5 Å². The fourth-order valence-electron chi connectivity index (χ4n) is 1.21. The van der Waals surface area contributed by atoms with E-state index < -0.39 is 0 Å². The maximum atomic E-state index is 5.75. The van der Waals surface area contributed by atoms with Crippen molar-refractivity contribution in [3.8, 4) is 0 Å². The average molecular weight is 193 g/mol. The van der Waals surface area contributed by atoms with Gasteiger partial charge >= 0.3 is 0 Å². The summed E-state index contributed by atoms with van der Waals surface area (Å²) in [5, 5.41) is 0. The second-order valence-electron chi connectivity index (χ2n) is 3.61. The van der Waals surface area contributed by atoms with Gasteiger partial charge in [0.25, 0.3) is 0 Å². The lowest BCUT2D eigenvalue weighted by atomic mass is 10.1. The van der Waals surface area contributed by atoms with Gasteiger partial charge < -0.3 is 10.5 Å². The molecule has 1 aromatic carbocycles. The van der Waals surface area contributed by atoms with E-state index in [0.29, 0.717) is 13.2 Å². The molecule has 0 spiro atoms. The highest BCUT2D eigenvalue weighted by Crippen LogP contribution is 2.08. The molecule has 0 aliphatic heterocycles. The van der Waals surface area contributed by atoms with Crippen molar-refractivity contribution in [1.82, 2.24) is 0 Å². The monoisotopic (exact) mass is 193 g/mol. The summed E-state index contributed by atoms with van der Waals surface area (Å²) in [5.74, 6) is 0. The molecular formula is C12H19NO. The molecule has 0 bridgehead atoms. The minimum atomic E-state index is 0.166. The molecule has 0 aromatic heterocycles. The maximum absolute atomic E-state index is 5.75. The first-order chi connectivity index (χ1) is 6.74. The van der Waals surface area contributed by atoms with Crippen LogP contribution in [0, 0.1) is 6.92 Å². The van der Waals surface area contributed by atoms with Crippen molar-refractivity contribution >= 4 is 0 Å². The number of benzene rings is 1. The van der Waals surface area contributed by atoms with Crippen molar-refractivity contribution in [1.29, 1.82) is 0 Å². The zero-order valence-corrected chi connectivity index (χ0v) is 8.99. The van der Waals surface area contributed by atoms with E-state index in [1.165, 1.54) is 11.1 Å². The lowest BCUT2D eigenvalue weighted by Crippen LogP contribution is -2.24. The Balaban J connectivity index is 2.35. The van der Waals surface area contributed by atoms with E-state index >= 15 is 0 Å². The molecule has 0 radical (unpaired) electrons. The van der Waals surface area contributed by atoms with Crippen LogP contribution in [0.4, 0.5) is 0 Å². The van der Waals surface area contributed by atoms with Crippen molar-refractivity contribution in [2.24, 2.45) is 5.73 Å². The van der Waals surface area contributed by atoms with Gasteiger partial charge in [0, 0.05) is 6.04 Å². The van der Waals surface area contributed by atoms with E-state index in [9.17, 15) is 0 Å². The Morgan fingerprint density at radius 3 is 2.71 bits per heavy atom. The van der Waals surface area contributed by atoms with Gasteiger partial charge in [-0.3, -0.25) is 0 Å². The predicted molar refractivity (Wildman–Crippen MR) is 59.1 cm³/mol. The third-order valence-corrected chi connectivity index (χ3v) is 2.38. The van der Waals surface area contributed by atoms with Crippen LogP contribution in [0.2, 0.25) is 0 Å². The summed E-state index contributed by atoms with van der Waals surface area (Å²) < 4.78 is 5.53. The van der Waals surface area contributed by atoms with E-state index in [4.69, 9.17) is 10.5 Å². The fourth-order valence-corrected chi connectivity index (χ4v) is 1.21. The van der Waals surface area contributed by atoms with Crippen LogP contribution >= 0.6 is 0 Å². The second kappa shape index (κ2) is 5.78. The van der Waals surface area contributed by atoms with E-state index in [1.807, 2.05) is 12.1 Å². The number of aryl methyl sites for hydroxylation is 1. The average Bonchev–Trinajstić information content (AvgIpc) is 2.20. The van der Waals surface area contributed by atoms with Crippen LogP contribution in [0.5, 0.6) is 0 Å². The van der Waals surface area contributed by atoms with Gasteiger partial charge in [-0.25, -0.2) is 0 Å². The van der Waals surface area contributed by atoms with Gasteiger partial charge in [-0.05, 0) is 24.5 Å². The number of nitrogens with two attached hydrogens (primary N) is 1. The van der Waals surface area contributed by atoms with E-state index in [1.54, 1.807) is 0 Å². The molecule has 0 fully saturated rings. The molecule has 2 heteroatoms. The highest BCUT2D eigenvalue weighted by atomic mass is 16.5. The molecule has 0 amide bonds. The zero-order chi connectivity index (χ0) is 10.4. The molecule has 1 aromatic rings. The minimum absolute atomic E-state index is 0.166. The summed E-state index contributed by atoms with van der Waals surface area (Å²) in [5.41, 5.74) is 8.27. The summed E-state index contributed by atoms with van der Waals surface area (Å²) >= 11 is 0. The Kier molecular flexibility index (Phi) is 4.63. The molecule has 1 atom stereocenters. The van der Waals surface area contributed by atoms with Gasteiger partial charge in [-0.1, -0.05) is 31.2 Å². The summed E-state index contributed by atoms with van der Waals surface area (Å²) in [7, 11) is 0. The number of hydrogen-bond acceptors (Lipinski definition) is 2. The second-order valence-corrected chi connectivity index (χ2v) is 3.61. The molecule has 14 heavy (non-hydrogen) atoms. The maximum Gasteiger partial charge on any atom is 0.0720 e. The first-order valence-corrected chi connectivity index (χ1v) is 5.12. The highest BCUT2D eigenvalue weighted by Gasteiger charge is 2.00. The number of hydrogen-bond donors (Lipinski definition) is 1. The van der Waals surface area contributed by atoms with Gasteiger partial charge in [0.05, 0.1) is 13.2 Å². The Bertz CT molecular complexity index is 273. The number of rotatable bonds is 5. The highest BCUT2D eigenvalue weighted by molar-refractivity contribution is 5.24. The topological polar surface area (TPSA) is 35.2 Å². The van der Waals surface area contributed by atoms with Crippen LogP contribution in [0.3, 0.4) is 0 Å². The largest absolute Gasteiger partial charge is 0.375 e. The van der Waals surface area contributed by atoms with Gasteiger partial charge in [0.2, 0.25) is 0 Å². The van der Waals surface area contributed by atoms with Crippen LogP contribution in [-0.4, -0.2) is 12.6 Å². The quantitative estimate of drug-likeness (QED) is 0.778. The molecule has 2 nitrogen and oxygen atoms in total. The zero-order valence-electron chi connectivity index (χ0n) is 8.99. The third-order valence-electron chi connectivity index (χ3n) is 2.38. The molecule has 2 N–H and O–H groups in total. The first kappa shape index (κ1) is 11.2. The summed E-state index contributed by atoms with van der Waals surface area (Å²) in [6.45, 7) is 5.48. The normalized spacial score (nSPS) is 12.8. The van der Waals surface area contributed by atoms with Crippen molar-refractivity contribution in [3.63, 3.8) is 0 Å². The molecule has 78 valence electrons. The Labute approximate surface area is 86.1 Å². The van der Waals surface area contributed by atoms with Crippen LogP contribution in [0.25, 0.3) is 0 Å². The standard InChI is InChI=1S/C12H19NO/c1-3-12(13)9-14-8-11-7-5-4-6-10(11)2/h4-7,12H,3,8-9,13H2,1-2H3. The van der Waals surface area contributed by atoms with E-state index in [2.05, 4.69) is 26.0 Å². The lowest BCUT2D eigenvalue weighted by molar-refractivity contribution is 0.106. The van der Waals surface area contributed by atoms with E-state index in [-0.39, 0.29) is 6.04 Å². The summed E-state index contributed by atoms with van der Waals surface area (Å²) in [4.78, 5) is 0. The molecule has 0 aliphatic rings. The molecule has 0 aliphatic carbocycles. The molecular weight excluding hydrogens is 174 g/mol. The van der Waals surface area contributed by atoms with Crippen LogP contribution in [0.15, 0.2) is 24.3 Å². The van der Waals surface area contributed by atoms with Crippen molar-refractivity contribution in [2.45, 2.75) is 32.9 Å². The van der Waals surface area contributed by atoms with Gasteiger partial charge in [0.15, 0.2) is 0 Å². The third kappa shape index (κ3) is 3.48. The molecule has 0 heterocycles. The van der Waals surface area contributed by atoms with E-state index in [0.717, 1.165) is 6.42 Å². The molecule has 0 saturated carbocycles. The fraction of sp³-hybridized carbons (Fsp3) is 0.500. The molecule has 0 saturated heterocycles. The van der Waals surface area contributed by atoms with Crippen molar-refractivity contribution in [2.75, 3.05) is 6.61 Å². The van der Waals surface area contributed by atoms with Gasteiger partial charge in [-0.15, -0.1) is 0 Å². The summed E-state index contributed by atoms with van der Waals surface area (Å²) in [6, 6.07) is 8.42. The Morgan fingerprint density at radius 2 is 2.07 bits per heavy atom. The first-order valence-electron chi connectivity index (χ1n) is 5.12. The smallest absolute Gasteiger partial charge is 0.0720 e. The minimum Gasteiger partial charge on any atom is -0.375 e.